The van der Waals surface area contributed by atoms with Gasteiger partial charge in [0.05, 0.1) is 0 Å². The fourth-order valence-corrected chi connectivity index (χ4v) is 3.06. The molecule has 3 heterocycles. The minimum atomic E-state index is 0.270. The van der Waals surface area contributed by atoms with Crippen molar-refractivity contribution in [3.05, 3.63) is 29.3 Å². The van der Waals surface area contributed by atoms with Crippen LogP contribution >= 0.6 is 11.3 Å². The molecule has 1 aromatic carbocycles. The molecule has 0 atom stereocenters. The van der Waals surface area contributed by atoms with E-state index in [0.717, 1.165) is 27.7 Å². The van der Waals surface area contributed by atoms with Crippen LogP contribution in [0.3, 0.4) is 0 Å². The molecule has 19 heavy (non-hydrogen) atoms. The Hall–Kier alpha value is -2.21. The maximum Gasteiger partial charge on any atom is 0.231 e. The van der Waals surface area contributed by atoms with Gasteiger partial charge < -0.3 is 15.2 Å². The summed E-state index contributed by atoms with van der Waals surface area (Å²) >= 11 is 1.62. The number of hydrogen-bond donors (Lipinski definition) is 1. The Labute approximate surface area is 113 Å². The third-order valence-corrected chi connectivity index (χ3v) is 4.02. The van der Waals surface area contributed by atoms with Crippen LogP contribution < -0.4 is 15.2 Å². The molecule has 0 radical (unpaired) electrons. The molecule has 96 valence electrons. The SMILES string of the molecule is Cc1cn2c(N)c(-c3ccc4c(c3)OCO4)nc2s1. The molecular weight excluding hydrogens is 262 g/mol. The van der Waals surface area contributed by atoms with Gasteiger partial charge in [-0.2, -0.15) is 0 Å². The van der Waals surface area contributed by atoms with E-state index < -0.39 is 0 Å². The van der Waals surface area contributed by atoms with Crippen molar-refractivity contribution in [3.63, 3.8) is 0 Å². The summed E-state index contributed by atoms with van der Waals surface area (Å²) < 4.78 is 12.6. The molecule has 0 saturated carbocycles. The average molecular weight is 273 g/mol. The van der Waals surface area contributed by atoms with Gasteiger partial charge in [0.1, 0.15) is 11.5 Å². The maximum absolute atomic E-state index is 6.16. The highest BCUT2D eigenvalue weighted by atomic mass is 32.1. The minimum absolute atomic E-state index is 0.270. The lowest BCUT2D eigenvalue weighted by molar-refractivity contribution is 0.174. The fraction of sp³-hybridized carbons (Fsp3) is 0.154. The van der Waals surface area contributed by atoms with Gasteiger partial charge in [-0.25, -0.2) is 4.98 Å². The van der Waals surface area contributed by atoms with E-state index in [1.807, 2.05) is 35.7 Å². The van der Waals surface area contributed by atoms with Crippen LogP contribution in [0.15, 0.2) is 24.4 Å². The van der Waals surface area contributed by atoms with E-state index in [9.17, 15) is 0 Å². The van der Waals surface area contributed by atoms with Crippen LogP contribution in [0.2, 0.25) is 0 Å². The van der Waals surface area contributed by atoms with E-state index in [0.29, 0.717) is 5.82 Å². The second-order valence-electron chi connectivity index (χ2n) is 4.41. The zero-order chi connectivity index (χ0) is 13.0. The number of benzene rings is 1. The number of rotatable bonds is 1. The Morgan fingerprint density at radius 2 is 2.16 bits per heavy atom. The minimum Gasteiger partial charge on any atom is -0.454 e. The molecule has 3 aromatic rings. The van der Waals surface area contributed by atoms with Crippen LogP contribution in [0.25, 0.3) is 16.2 Å². The molecule has 2 N–H and O–H groups in total. The van der Waals surface area contributed by atoms with E-state index in [-0.39, 0.29) is 6.79 Å². The Kier molecular flexibility index (Phi) is 2.05. The van der Waals surface area contributed by atoms with Crippen molar-refractivity contribution in [2.45, 2.75) is 6.92 Å². The van der Waals surface area contributed by atoms with Crippen molar-refractivity contribution in [1.29, 1.82) is 0 Å². The molecule has 0 spiro atoms. The van der Waals surface area contributed by atoms with Crippen LogP contribution in [0.4, 0.5) is 5.82 Å². The van der Waals surface area contributed by atoms with Crippen molar-refractivity contribution in [2.24, 2.45) is 0 Å². The lowest BCUT2D eigenvalue weighted by Crippen LogP contribution is -1.93. The highest BCUT2D eigenvalue weighted by molar-refractivity contribution is 7.17. The number of nitrogen functional groups attached to an aromatic ring is 1. The lowest BCUT2D eigenvalue weighted by Gasteiger charge is -2.01. The van der Waals surface area contributed by atoms with Crippen molar-refractivity contribution in [2.75, 3.05) is 12.5 Å². The van der Waals surface area contributed by atoms with Crippen molar-refractivity contribution >= 4 is 22.1 Å². The Bertz CT molecular complexity index is 791. The first-order chi connectivity index (χ1) is 9.22. The zero-order valence-corrected chi connectivity index (χ0v) is 11.0. The number of fused-ring (bicyclic) bond motifs is 2. The van der Waals surface area contributed by atoms with Gasteiger partial charge in [-0.3, -0.25) is 4.40 Å². The molecule has 0 unspecified atom stereocenters. The van der Waals surface area contributed by atoms with Crippen LogP contribution in [-0.4, -0.2) is 16.2 Å². The summed E-state index contributed by atoms with van der Waals surface area (Å²) in [5.41, 5.74) is 7.89. The van der Waals surface area contributed by atoms with E-state index in [1.54, 1.807) is 11.3 Å². The smallest absolute Gasteiger partial charge is 0.231 e. The van der Waals surface area contributed by atoms with Crippen molar-refractivity contribution < 1.29 is 9.47 Å². The first-order valence-corrected chi connectivity index (χ1v) is 6.68. The molecule has 0 saturated heterocycles. The number of ether oxygens (including phenoxy) is 2. The largest absolute Gasteiger partial charge is 0.454 e. The van der Waals surface area contributed by atoms with Gasteiger partial charge in [-0.15, -0.1) is 11.3 Å². The first kappa shape index (κ1) is 10.7. The predicted molar refractivity (Wildman–Crippen MR) is 73.8 cm³/mol. The average Bonchev–Trinajstić information content (AvgIpc) is 3.05. The molecular formula is C13H11N3O2S. The molecule has 0 amide bonds. The van der Waals surface area contributed by atoms with Gasteiger partial charge in [0.2, 0.25) is 6.79 Å². The number of hydrogen-bond acceptors (Lipinski definition) is 5. The fourth-order valence-electron chi connectivity index (χ4n) is 2.23. The summed E-state index contributed by atoms with van der Waals surface area (Å²) in [5, 5.41) is 0. The summed E-state index contributed by atoms with van der Waals surface area (Å²) in [5.74, 6) is 2.15. The Balaban J connectivity index is 1.89. The third-order valence-electron chi connectivity index (χ3n) is 3.12. The quantitative estimate of drug-likeness (QED) is 0.740. The Morgan fingerprint density at radius 3 is 3.00 bits per heavy atom. The second kappa shape index (κ2) is 3.64. The van der Waals surface area contributed by atoms with E-state index >= 15 is 0 Å². The number of nitrogens with zero attached hydrogens (tertiary/aromatic N) is 2. The number of aromatic nitrogens is 2. The van der Waals surface area contributed by atoms with Gasteiger partial charge in [0.25, 0.3) is 0 Å². The Morgan fingerprint density at radius 1 is 1.32 bits per heavy atom. The number of nitrogens with two attached hydrogens (primary N) is 1. The lowest BCUT2D eigenvalue weighted by atomic mass is 10.1. The molecule has 0 aliphatic carbocycles. The summed E-state index contributed by atoms with van der Waals surface area (Å²) in [4.78, 5) is 6.68. The molecule has 4 rings (SSSR count). The maximum atomic E-state index is 6.16. The van der Waals surface area contributed by atoms with E-state index in [1.165, 1.54) is 4.88 Å². The first-order valence-electron chi connectivity index (χ1n) is 5.86. The van der Waals surface area contributed by atoms with Gasteiger partial charge in [-0.1, -0.05) is 0 Å². The predicted octanol–water partition coefficient (Wildman–Crippen LogP) is 2.68. The number of thiazole rings is 1. The summed E-state index contributed by atoms with van der Waals surface area (Å²) in [6.07, 6.45) is 2.00. The van der Waals surface area contributed by atoms with E-state index in [2.05, 4.69) is 4.98 Å². The van der Waals surface area contributed by atoms with Crippen LogP contribution in [0.5, 0.6) is 11.5 Å². The topological polar surface area (TPSA) is 61.8 Å². The second-order valence-corrected chi connectivity index (χ2v) is 5.62. The number of imidazole rings is 1. The van der Waals surface area contributed by atoms with Gasteiger partial charge in [0.15, 0.2) is 16.5 Å². The monoisotopic (exact) mass is 273 g/mol. The van der Waals surface area contributed by atoms with Gasteiger partial charge >= 0.3 is 0 Å². The molecule has 5 nitrogen and oxygen atoms in total. The van der Waals surface area contributed by atoms with Gasteiger partial charge in [-0.05, 0) is 25.1 Å². The number of aryl methyl sites for hydroxylation is 1. The highest BCUT2D eigenvalue weighted by Gasteiger charge is 2.18. The molecule has 6 heteroatoms. The van der Waals surface area contributed by atoms with Crippen LogP contribution in [0.1, 0.15) is 4.88 Å². The molecule has 1 aliphatic heterocycles. The summed E-state index contributed by atoms with van der Waals surface area (Å²) in [6.45, 7) is 2.31. The number of anilines is 1. The van der Waals surface area contributed by atoms with Crippen LogP contribution in [0, 0.1) is 6.92 Å². The molecule has 1 aliphatic rings. The molecule has 2 aromatic heterocycles. The molecule has 0 fully saturated rings. The van der Waals surface area contributed by atoms with E-state index in [4.69, 9.17) is 15.2 Å². The highest BCUT2D eigenvalue weighted by Crippen LogP contribution is 2.37. The summed E-state index contributed by atoms with van der Waals surface area (Å²) in [6, 6.07) is 5.75. The van der Waals surface area contributed by atoms with Crippen molar-refractivity contribution in [3.8, 4) is 22.8 Å². The zero-order valence-electron chi connectivity index (χ0n) is 10.2. The van der Waals surface area contributed by atoms with Gasteiger partial charge in [0, 0.05) is 16.6 Å². The van der Waals surface area contributed by atoms with Crippen LogP contribution in [-0.2, 0) is 0 Å². The standard InChI is InChI=1S/C13H11N3O2S/c1-7-5-16-12(14)11(15-13(16)19-7)8-2-3-9-10(4-8)18-6-17-9/h2-5H,6,14H2,1H3. The molecule has 0 bridgehead atoms. The van der Waals surface area contributed by atoms with Crippen molar-refractivity contribution in [1.82, 2.24) is 9.38 Å². The normalized spacial score (nSPS) is 13.3. The third kappa shape index (κ3) is 1.50. The summed E-state index contributed by atoms with van der Waals surface area (Å²) in [7, 11) is 0.